The number of hydrogen-bond donors (Lipinski definition) is 0. The molecule has 0 saturated heterocycles. The molecule has 2 heterocycles. The molecule has 0 spiro atoms. The standard InChI is InChI=1S/C26H21N3O/c1-19-17-24(20-11-5-2-6-12-20)29-26(27-19)25(21-13-7-3-8-14-21)23(28-29)18-30-22-15-9-4-10-16-22/h2-17H,18H2,1H3. The smallest absolute Gasteiger partial charge is 0.164 e. The Morgan fingerprint density at radius 3 is 2.03 bits per heavy atom. The van der Waals surface area contributed by atoms with Crippen molar-refractivity contribution >= 4 is 5.65 Å². The molecule has 0 aliphatic carbocycles. The maximum absolute atomic E-state index is 6.06. The Morgan fingerprint density at radius 1 is 0.767 bits per heavy atom. The average molecular weight is 391 g/mol. The molecule has 0 fully saturated rings. The van der Waals surface area contributed by atoms with Gasteiger partial charge >= 0.3 is 0 Å². The SMILES string of the molecule is Cc1cc(-c2ccccc2)n2nc(COc3ccccc3)c(-c3ccccc3)c2n1. The van der Waals surface area contributed by atoms with Crippen LogP contribution in [0.3, 0.4) is 0 Å². The van der Waals surface area contributed by atoms with E-state index in [0.717, 1.165) is 45.2 Å². The van der Waals surface area contributed by atoms with Crippen molar-refractivity contribution in [1.82, 2.24) is 14.6 Å². The van der Waals surface area contributed by atoms with Gasteiger partial charge in [0.2, 0.25) is 0 Å². The number of rotatable bonds is 5. The van der Waals surface area contributed by atoms with Crippen LogP contribution >= 0.6 is 0 Å². The molecular formula is C26H21N3O. The number of aryl methyl sites for hydroxylation is 1. The average Bonchev–Trinajstić information content (AvgIpc) is 3.17. The van der Waals surface area contributed by atoms with Crippen molar-refractivity contribution in [2.75, 3.05) is 0 Å². The molecule has 30 heavy (non-hydrogen) atoms. The van der Waals surface area contributed by atoms with Gasteiger partial charge in [-0.25, -0.2) is 9.50 Å². The van der Waals surface area contributed by atoms with E-state index in [1.165, 1.54) is 0 Å². The van der Waals surface area contributed by atoms with Crippen LogP contribution in [0.1, 0.15) is 11.4 Å². The van der Waals surface area contributed by atoms with Crippen LogP contribution in [0.5, 0.6) is 5.75 Å². The van der Waals surface area contributed by atoms with E-state index in [0.29, 0.717) is 6.61 Å². The van der Waals surface area contributed by atoms with Crippen LogP contribution in [-0.2, 0) is 6.61 Å². The number of ether oxygens (including phenoxy) is 1. The summed E-state index contributed by atoms with van der Waals surface area (Å²) in [6.07, 6.45) is 0. The van der Waals surface area contributed by atoms with E-state index in [9.17, 15) is 0 Å². The second-order valence-electron chi connectivity index (χ2n) is 7.17. The Labute approximate surface area is 175 Å². The maximum atomic E-state index is 6.06. The third-order valence-electron chi connectivity index (χ3n) is 5.04. The fourth-order valence-electron chi connectivity index (χ4n) is 3.67. The van der Waals surface area contributed by atoms with Crippen LogP contribution < -0.4 is 4.74 Å². The van der Waals surface area contributed by atoms with E-state index in [1.807, 2.05) is 78.2 Å². The molecule has 3 aromatic carbocycles. The molecule has 4 heteroatoms. The molecule has 0 saturated carbocycles. The fourth-order valence-corrected chi connectivity index (χ4v) is 3.67. The number of para-hydroxylation sites is 1. The van der Waals surface area contributed by atoms with Gasteiger partial charge in [0.1, 0.15) is 18.1 Å². The van der Waals surface area contributed by atoms with Crippen molar-refractivity contribution in [2.24, 2.45) is 0 Å². The predicted molar refractivity (Wildman–Crippen MR) is 119 cm³/mol. The number of nitrogens with zero attached hydrogens (tertiary/aromatic N) is 3. The summed E-state index contributed by atoms with van der Waals surface area (Å²) in [5.41, 5.74) is 6.86. The van der Waals surface area contributed by atoms with E-state index in [1.54, 1.807) is 0 Å². The third-order valence-corrected chi connectivity index (χ3v) is 5.04. The van der Waals surface area contributed by atoms with Gasteiger partial charge in [-0.05, 0) is 30.7 Å². The zero-order valence-electron chi connectivity index (χ0n) is 16.7. The highest BCUT2D eigenvalue weighted by Crippen LogP contribution is 2.31. The van der Waals surface area contributed by atoms with Crippen LogP contribution in [0.2, 0.25) is 0 Å². The Bertz CT molecular complexity index is 1280. The molecule has 0 bridgehead atoms. The fraction of sp³-hybridized carbons (Fsp3) is 0.0769. The van der Waals surface area contributed by atoms with Crippen LogP contribution in [0.4, 0.5) is 0 Å². The van der Waals surface area contributed by atoms with Gasteiger partial charge in [-0.3, -0.25) is 0 Å². The Kier molecular flexibility index (Phi) is 4.74. The summed E-state index contributed by atoms with van der Waals surface area (Å²) in [6, 6.07) is 32.5. The largest absolute Gasteiger partial charge is 0.487 e. The third kappa shape index (κ3) is 3.44. The summed E-state index contributed by atoms with van der Waals surface area (Å²) >= 11 is 0. The normalized spacial score (nSPS) is 11.0. The van der Waals surface area contributed by atoms with E-state index >= 15 is 0 Å². The van der Waals surface area contributed by atoms with Crippen LogP contribution in [0, 0.1) is 6.92 Å². The van der Waals surface area contributed by atoms with Gasteiger partial charge in [0, 0.05) is 11.3 Å². The van der Waals surface area contributed by atoms with Gasteiger partial charge in [-0.2, -0.15) is 5.10 Å². The topological polar surface area (TPSA) is 39.4 Å². The van der Waals surface area contributed by atoms with Crippen molar-refractivity contribution in [1.29, 1.82) is 0 Å². The van der Waals surface area contributed by atoms with Gasteiger partial charge in [0.05, 0.1) is 11.3 Å². The van der Waals surface area contributed by atoms with E-state index in [2.05, 4.69) is 30.3 Å². The first-order chi connectivity index (χ1) is 14.8. The minimum Gasteiger partial charge on any atom is -0.487 e. The first-order valence-corrected chi connectivity index (χ1v) is 9.97. The summed E-state index contributed by atoms with van der Waals surface area (Å²) in [4.78, 5) is 4.86. The lowest BCUT2D eigenvalue weighted by Crippen LogP contribution is -2.00. The van der Waals surface area contributed by atoms with Gasteiger partial charge in [0.25, 0.3) is 0 Å². The molecule has 5 aromatic rings. The highest BCUT2D eigenvalue weighted by atomic mass is 16.5. The molecule has 4 nitrogen and oxygen atoms in total. The quantitative estimate of drug-likeness (QED) is 0.372. The maximum Gasteiger partial charge on any atom is 0.164 e. The molecule has 0 amide bonds. The Balaban J connectivity index is 1.70. The predicted octanol–water partition coefficient (Wildman–Crippen LogP) is 5.95. The molecular weight excluding hydrogens is 370 g/mol. The molecule has 0 atom stereocenters. The van der Waals surface area contributed by atoms with Crippen molar-refractivity contribution in [3.05, 3.63) is 108 Å². The first kappa shape index (κ1) is 18.1. The van der Waals surface area contributed by atoms with Crippen LogP contribution in [0.15, 0.2) is 97.1 Å². The summed E-state index contributed by atoms with van der Waals surface area (Å²) in [6.45, 7) is 2.39. The van der Waals surface area contributed by atoms with Gasteiger partial charge < -0.3 is 4.74 Å². The summed E-state index contributed by atoms with van der Waals surface area (Å²) in [7, 11) is 0. The molecule has 0 aliphatic rings. The number of hydrogen-bond acceptors (Lipinski definition) is 3. The van der Waals surface area contributed by atoms with Crippen molar-refractivity contribution in [3.8, 4) is 28.1 Å². The minimum absolute atomic E-state index is 0.366. The highest BCUT2D eigenvalue weighted by Gasteiger charge is 2.19. The lowest BCUT2D eigenvalue weighted by atomic mass is 10.1. The molecule has 0 radical (unpaired) electrons. The van der Waals surface area contributed by atoms with Crippen molar-refractivity contribution in [3.63, 3.8) is 0 Å². The second-order valence-corrected chi connectivity index (χ2v) is 7.17. The molecule has 0 N–H and O–H groups in total. The molecule has 146 valence electrons. The molecule has 2 aromatic heterocycles. The Hall–Kier alpha value is -3.92. The van der Waals surface area contributed by atoms with Crippen molar-refractivity contribution < 1.29 is 4.74 Å². The minimum atomic E-state index is 0.366. The van der Waals surface area contributed by atoms with Crippen LogP contribution in [0.25, 0.3) is 28.0 Å². The van der Waals surface area contributed by atoms with E-state index < -0.39 is 0 Å². The highest BCUT2D eigenvalue weighted by molar-refractivity contribution is 5.81. The number of benzene rings is 3. The van der Waals surface area contributed by atoms with Crippen LogP contribution in [-0.4, -0.2) is 14.6 Å². The number of fused-ring (bicyclic) bond motifs is 1. The first-order valence-electron chi connectivity index (χ1n) is 9.97. The number of aromatic nitrogens is 3. The summed E-state index contributed by atoms with van der Waals surface area (Å²) in [5, 5.41) is 4.95. The molecule has 0 unspecified atom stereocenters. The van der Waals surface area contributed by atoms with Gasteiger partial charge in [-0.15, -0.1) is 0 Å². The summed E-state index contributed by atoms with van der Waals surface area (Å²) in [5.74, 6) is 0.820. The second kappa shape index (κ2) is 7.84. The Morgan fingerprint density at radius 2 is 1.37 bits per heavy atom. The summed E-state index contributed by atoms with van der Waals surface area (Å²) < 4.78 is 7.99. The van der Waals surface area contributed by atoms with Gasteiger partial charge in [-0.1, -0.05) is 78.9 Å². The molecule has 0 aliphatic heterocycles. The lowest BCUT2D eigenvalue weighted by molar-refractivity contribution is 0.301. The lowest BCUT2D eigenvalue weighted by Gasteiger charge is -2.07. The monoisotopic (exact) mass is 391 g/mol. The van der Waals surface area contributed by atoms with E-state index in [-0.39, 0.29) is 0 Å². The van der Waals surface area contributed by atoms with Gasteiger partial charge in [0.15, 0.2) is 5.65 Å². The van der Waals surface area contributed by atoms with E-state index in [4.69, 9.17) is 14.8 Å². The zero-order valence-corrected chi connectivity index (χ0v) is 16.7. The molecule has 5 rings (SSSR count). The van der Waals surface area contributed by atoms with Crippen molar-refractivity contribution in [2.45, 2.75) is 13.5 Å². The zero-order chi connectivity index (χ0) is 20.3.